The first-order chi connectivity index (χ1) is 7.36. The third-order valence-electron chi connectivity index (χ3n) is 1.80. The lowest BCUT2D eigenvalue weighted by Gasteiger charge is -2.05. The Bertz CT molecular complexity index is 355. The first kappa shape index (κ1) is 11.7. The maximum atomic E-state index is 8.71. The van der Waals surface area contributed by atoms with Crippen LogP contribution in [0.5, 0.6) is 0 Å². The van der Waals surface area contributed by atoms with Crippen LogP contribution < -0.4 is 5.32 Å². The fourth-order valence-electron chi connectivity index (χ4n) is 1.13. The highest BCUT2D eigenvalue weighted by Gasteiger charge is 1.93. The summed E-state index contributed by atoms with van der Waals surface area (Å²) >= 11 is 1.84. The van der Waals surface area contributed by atoms with E-state index in [2.05, 4.69) is 18.0 Å². The van der Waals surface area contributed by atoms with Gasteiger partial charge in [-0.1, -0.05) is 12.1 Å². The van der Waals surface area contributed by atoms with Gasteiger partial charge in [-0.25, -0.2) is 0 Å². The Hall–Kier alpha value is -1.40. The third-order valence-corrected chi connectivity index (χ3v) is 2.77. The highest BCUT2D eigenvalue weighted by molar-refractivity contribution is 7.99. The summed E-state index contributed by atoms with van der Waals surface area (Å²) in [4.78, 5) is 0. The van der Waals surface area contributed by atoms with Gasteiger partial charge in [0.05, 0.1) is 11.6 Å². The predicted octanol–water partition coefficient (Wildman–Crippen LogP) is 2.89. The Morgan fingerprint density at radius 3 is 3.13 bits per heavy atom. The summed E-state index contributed by atoms with van der Waals surface area (Å²) in [6.45, 7) is 4.57. The lowest BCUT2D eigenvalue weighted by molar-refractivity contribution is 1.23. The van der Waals surface area contributed by atoms with E-state index in [4.69, 9.17) is 5.26 Å². The average molecular weight is 218 g/mol. The summed E-state index contributed by atoms with van der Waals surface area (Å²) in [5.74, 6) is 2.03. The summed E-state index contributed by atoms with van der Waals surface area (Å²) in [6, 6.07) is 9.64. The molecule has 1 rings (SSSR count). The number of nitrogens with one attached hydrogen (secondary N) is 1. The van der Waals surface area contributed by atoms with Crippen molar-refractivity contribution in [3.63, 3.8) is 0 Å². The Morgan fingerprint density at radius 2 is 2.40 bits per heavy atom. The van der Waals surface area contributed by atoms with E-state index in [1.165, 1.54) is 0 Å². The monoisotopic (exact) mass is 218 g/mol. The van der Waals surface area contributed by atoms with Gasteiger partial charge in [-0.15, -0.1) is 6.58 Å². The quantitative estimate of drug-likeness (QED) is 0.589. The molecule has 1 N–H and O–H groups in total. The summed E-state index contributed by atoms with van der Waals surface area (Å²) in [7, 11) is 0. The zero-order chi connectivity index (χ0) is 10.9. The Kier molecular flexibility index (Phi) is 5.42. The minimum atomic E-state index is 0.693. The first-order valence-corrected chi connectivity index (χ1v) is 5.95. The molecule has 0 amide bonds. The fraction of sp³-hybridized carbons (Fsp3) is 0.250. The van der Waals surface area contributed by atoms with Crippen LogP contribution in [0.4, 0.5) is 5.69 Å². The van der Waals surface area contributed by atoms with Gasteiger partial charge < -0.3 is 5.32 Å². The van der Waals surface area contributed by atoms with Crippen LogP contribution in [0.3, 0.4) is 0 Å². The molecule has 0 heterocycles. The van der Waals surface area contributed by atoms with Crippen LogP contribution in [-0.2, 0) is 0 Å². The molecule has 0 saturated heterocycles. The molecule has 78 valence electrons. The van der Waals surface area contributed by atoms with Crippen molar-refractivity contribution < 1.29 is 0 Å². The van der Waals surface area contributed by atoms with E-state index in [0.29, 0.717) is 5.56 Å². The van der Waals surface area contributed by atoms with Crippen LogP contribution in [0.15, 0.2) is 36.9 Å². The summed E-state index contributed by atoms with van der Waals surface area (Å²) < 4.78 is 0. The molecule has 0 aliphatic rings. The van der Waals surface area contributed by atoms with Crippen LogP contribution >= 0.6 is 11.8 Å². The van der Waals surface area contributed by atoms with E-state index < -0.39 is 0 Å². The zero-order valence-corrected chi connectivity index (χ0v) is 9.39. The van der Waals surface area contributed by atoms with Crippen LogP contribution in [0, 0.1) is 11.3 Å². The largest absolute Gasteiger partial charge is 0.384 e. The molecule has 1 aromatic carbocycles. The summed E-state index contributed by atoms with van der Waals surface area (Å²) in [6.07, 6.45) is 1.90. The number of hydrogen-bond donors (Lipinski definition) is 1. The van der Waals surface area contributed by atoms with Crippen LogP contribution in [-0.4, -0.2) is 18.1 Å². The minimum Gasteiger partial charge on any atom is -0.384 e. The van der Waals surface area contributed by atoms with E-state index >= 15 is 0 Å². The second-order valence-electron chi connectivity index (χ2n) is 2.98. The van der Waals surface area contributed by atoms with Crippen molar-refractivity contribution in [1.82, 2.24) is 0 Å². The molecule has 3 heteroatoms. The topological polar surface area (TPSA) is 35.8 Å². The van der Waals surface area contributed by atoms with Crippen LogP contribution in [0.25, 0.3) is 0 Å². The fourth-order valence-corrected chi connectivity index (χ4v) is 1.71. The molecule has 0 fully saturated rings. The van der Waals surface area contributed by atoms with Crippen molar-refractivity contribution in [3.05, 3.63) is 42.5 Å². The van der Waals surface area contributed by atoms with E-state index in [1.807, 2.05) is 36.0 Å². The molecule has 0 bridgehead atoms. The molecule has 0 saturated carbocycles. The number of thioether (sulfide) groups is 1. The summed E-state index contributed by atoms with van der Waals surface area (Å²) in [5.41, 5.74) is 1.70. The third kappa shape index (κ3) is 4.57. The number of anilines is 1. The van der Waals surface area contributed by atoms with Crippen molar-refractivity contribution in [2.24, 2.45) is 0 Å². The normalized spacial score (nSPS) is 9.27. The van der Waals surface area contributed by atoms with Gasteiger partial charge >= 0.3 is 0 Å². The second-order valence-corrected chi connectivity index (χ2v) is 4.13. The number of nitriles is 1. The SMILES string of the molecule is C=CCSCCNc1cccc(C#N)c1. The van der Waals surface area contributed by atoms with E-state index in [-0.39, 0.29) is 0 Å². The maximum absolute atomic E-state index is 8.71. The van der Waals surface area contributed by atoms with Gasteiger partial charge in [0, 0.05) is 23.7 Å². The maximum Gasteiger partial charge on any atom is 0.0992 e. The predicted molar refractivity (Wildman–Crippen MR) is 67.2 cm³/mol. The molecular weight excluding hydrogens is 204 g/mol. The van der Waals surface area contributed by atoms with Gasteiger partial charge in [0.2, 0.25) is 0 Å². The smallest absolute Gasteiger partial charge is 0.0992 e. The minimum absolute atomic E-state index is 0.693. The lowest BCUT2D eigenvalue weighted by atomic mass is 10.2. The van der Waals surface area contributed by atoms with Crippen molar-refractivity contribution in [2.75, 3.05) is 23.4 Å². The Balaban J connectivity index is 2.31. The van der Waals surface area contributed by atoms with Gasteiger partial charge in [0.15, 0.2) is 0 Å². The summed E-state index contributed by atoms with van der Waals surface area (Å²) in [5, 5.41) is 12.0. The molecule has 0 spiro atoms. The average Bonchev–Trinajstić information content (AvgIpc) is 2.29. The van der Waals surface area contributed by atoms with E-state index in [1.54, 1.807) is 6.07 Å². The van der Waals surface area contributed by atoms with E-state index in [9.17, 15) is 0 Å². The zero-order valence-electron chi connectivity index (χ0n) is 8.57. The Morgan fingerprint density at radius 1 is 1.53 bits per heavy atom. The lowest BCUT2D eigenvalue weighted by Crippen LogP contribution is -2.04. The number of nitrogens with zero attached hydrogens (tertiary/aromatic N) is 1. The number of rotatable bonds is 6. The molecule has 0 aliphatic carbocycles. The van der Waals surface area contributed by atoms with Crippen LogP contribution in [0.2, 0.25) is 0 Å². The molecule has 0 aliphatic heterocycles. The molecule has 0 radical (unpaired) electrons. The molecule has 0 aromatic heterocycles. The molecule has 1 aromatic rings. The molecule has 0 unspecified atom stereocenters. The number of benzene rings is 1. The van der Waals surface area contributed by atoms with Crippen molar-refractivity contribution >= 4 is 17.4 Å². The molecule has 0 atom stereocenters. The van der Waals surface area contributed by atoms with Gasteiger partial charge in [-0.05, 0) is 18.2 Å². The van der Waals surface area contributed by atoms with Crippen molar-refractivity contribution in [2.45, 2.75) is 0 Å². The second kappa shape index (κ2) is 6.97. The van der Waals surface area contributed by atoms with Gasteiger partial charge in [0.25, 0.3) is 0 Å². The van der Waals surface area contributed by atoms with Gasteiger partial charge in [0.1, 0.15) is 0 Å². The molecule has 15 heavy (non-hydrogen) atoms. The number of hydrogen-bond acceptors (Lipinski definition) is 3. The highest BCUT2D eigenvalue weighted by Crippen LogP contribution is 2.09. The highest BCUT2D eigenvalue weighted by atomic mass is 32.2. The first-order valence-electron chi connectivity index (χ1n) is 4.79. The Labute approximate surface area is 95.0 Å². The van der Waals surface area contributed by atoms with Gasteiger partial charge in [-0.2, -0.15) is 17.0 Å². The molecular formula is C12H14N2S. The van der Waals surface area contributed by atoms with E-state index in [0.717, 1.165) is 23.7 Å². The van der Waals surface area contributed by atoms with Crippen molar-refractivity contribution in [3.8, 4) is 6.07 Å². The van der Waals surface area contributed by atoms with Gasteiger partial charge in [-0.3, -0.25) is 0 Å². The van der Waals surface area contributed by atoms with Crippen molar-refractivity contribution in [1.29, 1.82) is 5.26 Å². The van der Waals surface area contributed by atoms with Crippen LogP contribution in [0.1, 0.15) is 5.56 Å². The standard InChI is InChI=1S/C12H14N2S/c1-2-7-15-8-6-14-12-5-3-4-11(9-12)10-13/h2-5,9,14H,1,6-8H2. The molecule has 2 nitrogen and oxygen atoms in total.